The molecule has 0 bridgehead atoms. The molecule has 1 atom stereocenters. The normalized spacial score (nSPS) is 16.6. The molecule has 180 valence electrons. The second kappa shape index (κ2) is 9.50. The van der Waals surface area contributed by atoms with Crippen molar-refractivity contribution in [1.82, 2.24) is 9.88 Å². The Bertz CT molecular complexity index is 1260. The van der Waals surface area contributed by atoms with Crippen LogP contribution >= 0.6 is 11.3 Å². The standard InChI is InChI=1S/C26H25N3O5S/c1-15-23(24(32)29-12-6-7-16(29)13-22(30)31)35-25(27-15)28-26(33)34-14-21-19-10-4-2-8-17(19)18-9-3-5-11-20(18)21/h2-5,8-11,16,21H,6-7,12-14H2,1H3,(H,30,31)(H,27,28,33). The van der Waals surface area contributed by atoms with Gasteiger partial charge in [0.1, 0.15) is 11.5 Å². The number of fused-ring (bicyclic) bond motifs is 3. The number of hydrogen-bond donors (Lipinski definition) is 2. The van der Waals surface area contributed by atoms with Crippen molar-refractivity contribution in [3.05, 3.63) is 70.2 Å². The molecule has 1 aliphatic heterocycles. The quantitative estimate of drug-likeness (QED) is 0.508. The van der Waals surface area contributed by atoms with Gasteiger partial charge >= 0.3 is 12.1 Å². The van der Waals surface area contributed by atoms with Crippen molar-refractivity contribution in [3.63, 3.8) is 0 Å². The van der Waals surface area contributed by atoms with Gasteiger partial charge in [-0.3, -0.25) is 14.9 Å². The summed E-state index contributed by atoms with van der Waals surface area (Å²) in [5, 5.41) is 12.1. The van der Waals surface area contributed by atoms with Crippen molar-refractivity contribution >= 4 is 34.4 Å². The number of carboxylic acid groups (broad SMARTS) is 1. The number of nitrogens with one attached hydrogen (secondary N) is 1. The Morgan fingerprint density at radius 2 is 1.77 bits per heavy atom. The fourth-order valence-electron chi connectivity index (χ4n) is 5.02. The molecule has 1 aliphatic carbocycles. The lowest BCUT2D eigenvalue weighted by molar-refractivity contribution is -0.137. The van der Waals surface area contributed by atoms with E-state index >= 15 is 0 Å². The molecule has 2 amide bonds. The molecule has 1 unspecified atom stereocenters. The number of aromatic nitrogens is 1. The molecule has 2 N–H and O–H groups in total. The lowest BCUT2D eigenvalue weighted by Crippen LogP contribution is -2.36. The summed E-state index contributed by atoms with van der Waals surface area (Å²) in [6, 6.07) is 15.9. The van der Waals surface area contributed by atoms with Crippen molar-refractivity contribution in [2.45, 2.75) is 38.1 Å². The number of hydrogen-bond acceptors (Lipinski definition) is 6. The maximum absolute atomic E-state index is 13.1. The van der Waals surface area contributed by atoms with Crippen molar-refractivity contribution < 1.29 is 24.2 Å². The zero-order valence-corrected chi connectivity index (χ0v) is 20.0. The molecule has 5 rings (SSSR count). The molecule has 2 aromatic carbocycles. The molecule has 8 nitrogen and oxygen atoms in total. The molecule has 0 spiro atoms. The molecular formula is C26H25N3O5S. The lowest BCUT2D eigenvalue weighted by atomic mass is 9.98. The van der Waals surface area contributed by atoms with Crippen LogP contribution in [0.4, 0.5) is 9.93 Å². The van der Waals surface area contributed by atoms with E-state index in [0.29, 0.717) is 23.5 Å². The van der Waals surface area contributed by atoms with E-state index in [1.807, 2.05) is 24.3 Å². The number of aliphatic carboxylic acids is 1. The molecule has 3 aromatic rings. The van der Waals surface area contributed by atoms with E-state index in [2.05, 4.69) is 34.6 Å². The Balaban J connectivity index is 1.24. The van der Waals surface area contributed by atoms with Crippen LogP contribution in [-0.2, 0) is 9.53 Å². The average molecular weight is 492 g/mol. The van der Waals surface area contributed by atoms with Gasteiger partial charge < -0.3 is 14.7 Å². The number of aryl methyl sites for hydroxylation is 1. The largest absolute Gasteiger partial charge is 0.481 e. The summed E-state index contributed by atoms with van der Waals surface area (Å²) in [5.41, 5.74) is 5.05. The first-order valence-corrected chi connectivity index (χ1v) is 12.4. The van der Waals surface area contributed by atoms with E-state index in [9.17, 15) is 14.4 Å². The van der Waals surface area contributed by atoms with Crippen molar-refractivity contribution in [3.8, 4) is 11.1 Å². The fourth-order valence-corrected chi connectivity index (χ4v) is 5.93. The second-order valence-electron chi connectivity index (χ2n) is 8.78. The molecule has 1 saturated heterocycles. The first-order chi connectivity index (χ1) is 16.9. The van der Waals surface area contributed by atoms with Crippen molar-refractivity contribution in [2.75, 3.05) is 18.5 Å². The Labute approximate surface area is 206 Å². The van der Waals surface area contributed by atoms with E-state index in [4.69, 9.17) is 9.84 Å². The Hall–Kier alpha value is -3.72. The maximum atomic E-state index is 13.1. The number of carbonyl (C=O) groups excluding carboxylic acids is 2. The van der Waals surface area contributed by atoms with Crippen LogP contribution in [0.15, 0.2) is 48.5 Å². The molecule has 35 heavy (non-hydrogen) atoms. The fraction of sp³-hybridized carbons (Fsp3) is 0.308. The monoisotopic (exact) mass is 491 g/mol. The summed E-state index contributed by atoms with van der Waals surface area (Å²) < 4.78 is 5.57. The number of ether oxygens (including phenoxy) is 1. The lowest BCUT2D eigenvalue weighted by Gasteiger charge is -2.22. The minimum atomic E-state index is -0.923. The van der Waals surface area contributed by atoms with E-state index in [0.717, 1.165) is 40.0 Å². The average Bonchev–Trinajstić information content (AvgIpc) is 3.53. The van der Waals surface area contributed by atoms with E-state index in [-0.39, 0.29) is 36.0 Å². The number of benzene rings is 2. The summed E-state index contributed by atoms with van der Waals surface area (Å²) in [6.07, 6.45) is 0.728. The van der Waals surface area contributed by atoms with Crippen LogP contribution in [0.3, 0.4) is 0 Å². The first kappa shape index (κ1) is 23.0. The molecule has 1 aromatic heterocycles. The summed E-state index contributed by atoms with van der Waals surface area (Å²) >= 11 is 1.08. The number of rotatable bonds is 6. The zero-order valence-electron chi connectivity index (χ0n) is 19.2. The van der Waals surface area contributed by atoms with Gasteiger partial charge in [-0.25, -0.2) is 9.78 Å². The molecule has 0 radical (unpaired) electrons. The number of anilines is 1. The highest BCUT2D eigenvalue weighted by atomic mass is 32.1. The highest BCUT2D eigenvalue weighted by Gasteiger charge is 2.33. The number of likely N-dealkylation sites (tertiary alicyclic amines) is 1. The van der Waals surface area contributed by atoms with E-state index < -0.39 is 12.1 Å². The Morgan fingerprint density at radius 3 is 2.43 bits per heavy atom. The Morgan fingerprint density at radius 1 is 1.11 bits per heavy atom. The van der Waals surface area contributed by atoms with Gasteiger partial charge in [-0.2, -0.15) is 0 Å². The number of nitrogens with zero attached hydrogens (tertiary/aromatic N) is 2. The third kappa shape index (κ3) is 4.51. The Kier molecular flexibility index (Phi) is 6.25. The molecule has 1 fully saturated rings. The van der Waals surface area contributed by atoms with Crippen LogP contribution in [0.2, 0.25) is 0 Å². The van der Waals surface area contributed by atoms with Gasteiger partial charge in [0.25, 0.3) is 5.91 Å². The van der Waals surface area contributed by atoms with Gasteiger partial charge in [-0.1, -0.05) is 59.9 Å². The first-order valence-electron chi connectivity index (χ1n) is 11.5. The van der Waals surface area contributed by atoms with Gasteiger partial charge in [-0.15, -0.1) is 0 Å². The van der Waals surface area contributed by atoms with Gasteiger partial charge in [0.2, 0.25) is 0 Å². The SMILES string of the molecule is Cc1nc(NC(=O)OCC2c3ccccc3-c3ccccc32)sc1C(=O)N1CCCC1CC(=O)O. The van der Waals surface area contributed by atoms with E-state index in [1.165, 1.54) is 0 Å². The summed E-state index contributed by atoms with van der Waals surface area (Å²) in [4.78, 5) is 43.1. The predicted molar refractivity (Wildman–Crippen MR) is 132 cm³/mol. The highest BCUT2D eigenvalue weighted by Crippen LogP contribution is 2.44. The summed E-state index contributed by atoms with van der Waals surface area (Å²) in [5.74, 6) is -1.22. The van der Waals surface area contributed by atoms with Crippen molar-refractivity contribution in [2.24, 2.45) is 0 Å². The molecule has 2 aliphatic rings. The summed E-state index contributed by atoms with van der Waals surface area (Å²) in [7, 11) is 0. The second-order valence-corrected chi connectivity index (χ2v) is 9.78. The molecule has 2 heterocycles. The van der Waals surface area contributed by atoms with Gasteiger partial charge in [0.05, 0.1) is 12.1 Å². The maximum Gasteiger partial charge on any atom is 0.413 e. The van der Waals surface area contributed by atoms with Gasteiger partial charge in [0.15, 0.2) is 5.13 Å². The third-order valence-corrected chi connectivity index (χ3v) is 7.65. The smallest absolute Gasteiger partial charge is 0.413 e. The minimum Gasteiger partial charge on any atom is -0.481 e. The van der Waals surface area contributed by atoms with E-state index in [1.54, 1.807) is 11.8 Å². The predicted octanol–water partition coefficient (Wildman–Crippen LogP) is 4.89. The number of amides is 2. The number of carbonyl (C=O) groups is 3. The molecule has 9 heteroatoms. The van der Waals surface area contributed by atoms with Crippen LogP contribution in [0.5, 0.6) is 0 Å². The van der Waals surface area contributed by atoms with Crippen molar-refractivity contribution in [1.29, 1.82) is 0 Å². The van der Waals surface area contributed by atoms with Crippen LogP contribution in [-0.4, -0.2) is 52.2 Å². The zero-order chi connectivity index (χ0) is 24.5. The third-order valence-electron chi connectivity index (χ3n) is 6.59. The van der Waals surface area contributed by atoms with Gasteiger partial charge in [-0.05, 0) is 42.0 Å². The van der Waals surface area contributed by atoms with Crippen LogP contribution in [0, 0.1) is 6.92 Å². The van der Waals surface area contributed by atoms with Crippen LogP contribution < -0.4 is 5.32 Å². The molecule has 0 saturated carbocycles. The highest BCUT2D eigenvalue weighted by molar-refractivity contribution is 7.17. The van der Waals surface area contributed by atoms with Crippen LogP contribution in [0.1, 0.15) is 51.7 Å². The number of carboxylic acids is 1. The summed E-state index contributed by atoms with van der Waals surface area (Å²) in [6.45, 7) is 2.40. The molecular weight excluding hydrogens is 466 g/mol. The minimum absolute atomic E-state index is 0.0512. The van der Waals surface area contributed by atoms with Crippen LogP contribution in [0.25, 0.3) is 11.1 Å². The topological polar surface area (TPSA) is 109 Å². The number of thiazole rings is 1. The van der Waals surface area contributed by atoms with Gasteiger partial charge in [0, 0.05) is 18.5 Å².